The predicted molar refractivity (Wildman–Crippen MR) is 86.6 cm³/mol. The highest BCUT2D eigenvalue weighted by Crippen LogP contribution is 2.36. The Morgan fingerprint density at radius 3 is 2.29 bits per heavy atom. The minimum Gasteiger partial charge on any atom is -0.493 e. The van der Waals surface area contributed by atoms with Gasteiger partial charge in [0.1, 0.15) is 0 Å². The van der Waals surface area contributed by atoms with Crippen molar-refractivity contribution in [2.24, 2.45) is 0 Å². The Balaban J connectivity index is 2.04. The van der Waals surface area contributed by atoms with Crippen LogP contribution in [0.2, 0.25) is 0 Å². The summed E-state index contributed by atoms with van der Waals surface area (Å²) in [5.41, 5.74) is 1.28. The SMILES string of the molecule is COc1cc(CNCC2(OC)CCC2)c(SC)cc1OC. The van der Waals surface area contributed by atoms with Crippen molar-refractivity contribution in [3.8, 4) is 11.5 Å². The van der Waals surface area contributed by atoms with Gasteiger partial charge in [-0.1, -0.05) is 0 Å². The monoisotopic (exact) mass is 311 g/mol. The Hall–Kier alpha value is -0.910. The summed E-state index contributed by atoms with van der Waals surface area (Å²) >= 11 is 1.72. The second kappa shape index (κ2) is 7.38. The van der Waals surface area contributed by atoms with Crippen LogP contribution >= 0.6 is 11.8 Å². The van der Waals surface area contributed by atoms with Gasteiger partial charge in [0, 0.05) is 25.1 Å². The minimum absolute atomic E-state index is 0.0517. The molecule has 0 heterocycles. The quantitative estimate of drug-likeness (QED) is 0.747. The zero-order chi connectivity index (χ0) is 15.3. The van der Waals surface area contributed by atoms with E-state index in [1.807, 2.05) is 13.2 Å². The van der Waals surface area contributed by atoms with Crippen LogP contribution in [0.1, 0.15) is 24.8 Å². The van der Waals surface area contributed by atoms with Crippen molar-refractivity contribution >= 4 is 11.8 Å². The summed E-state index contributed by atoms with van der Waals surface area (Å²) in [6.45, 7) is 1.70. The highest BCUT2D eigenvalue weighted by atomic mass is 32.2. The maximum atomic E-state index is 5.64. The average Bonchev–Trinajstić information content (AvgIpc) is 2.49. The number of hydrogen-bond donors (Lipinski definition) is 1. The van der Waals surface area contributed by atoms with Gasteiger partial charge in [-0.3, -0.25) is 0 Å². The van der Waals surface area contributed by atoms with Crippen molar-refractivity contribution in [1.29, 1.82) is 0 Å². The van der Waals surface area contributed by atoms with Crippen LogP contribution < -0.4 is 14.8 Å². The van der Waals surface area contributed by atoms with E-state index in [4.69, 9.17) is 14.2 Å². The normalized spacial score (nSPS) is 16.4. The van der Waals surface area contributed by atoms with Crippen molar-refractivity contribution in [3.63, 3.8) is 0 Å². The predicted octanol–water partition coefficient (Wildman–Crippen LogP) is 3.08. The summed E-state index contributed by atoms with van der Waals surface area (Å²) < 4.78 is 16.4. The van der Waals surface area contributed by atoms with Crippen molar-refractivity contribution in [2.45, 2.75) is 36.3 Å². The number of ether oxygens (including phenoxy) is 3. The molecule has 1 aromatic carbocycles. The van der Waals surface area contributed by atoms with Gasteiger partial charge in [-0.25, -0.2) is 0 Å². The van der Waals surface area contributed by atoms with Crippen molar-refractivity contribution in [2.75, 3.05) is 34.1 Å². The van der Waals surface area contributed by atoms with E-state index in [2.05, 4.69) is 17.6 Å². The van der Waals surface area contributed by atoms with Gasteiger partial charge in [0.15, 0.2) is 11.5 Å². The van der Waals surface area contributed by atoms with E-state index in [-0.39, 0.29) is 5.60 Å². The molecule has 0 atom stereocenters. The zero-order valence-electron chi connectivity index (χ0n) is 13.3. The fourth-order valence-corrected chi connectivity index (χ4v) is 3.30. The standard InChI is InChI=1S/C16H25NO3S/c1-18-13-8-12(15(21-4)9-14(13)19-2)10-17-11-16(20-3)6-5-7-16/h8-9,17H,5-7,10-11H2,1-4H3. The zero-order valence-corrected chi connectivity index (χ0v) is 14.1. The van der Waals surface area contributed by atoms with E-state index in [0.29, 0.717) is 0 Å². The molecule has 1 saturated carbocycles. The molecule has 21 heavy (non-hydrogen) atoms. The van der Waals surface area contributed by atoms with Gasteiger partial charge in [-0.15, -0.1) is 11.8 Å². The second-order valence-electron chi connectivity index (χ2n) is 5.36. The number of benzene rings is 1. The molecule has 0 radical (unpaired) electrons. The molecule has 1 aliphatic carbocycles. The van der Waals surface area contributed by atoms with Crippen molar-refractivity contribution in [1.82, 2.24) is 5.32 Å². The van der Waals surface area contributed by atoms with E-state index in [0.717, 1.165) is 37.4 Å². The summed E-state index contributed by atoms with van der Waals surface area (Å²) in [5, 5.41) is 3.52. The molecule has 1 aliphatic rings. The number of hydrogen-bond acceptors (Lipinski definition) is 5. The molecule has 1 fully saturated rings. The van der Waals surface area contributed by atoms with Crippen LogP contribution in [0.5, 0.6) is 11.5 Å². The van der Waals surface area contributed by atoms with E-state index in [9.17, 15) is 0 Å². The van der Waals surface area contributed by atoms with Gasteiger partial charge in [-0.05, 0) is 43.2 Å². The highest BCUT2D eigenvalue weighted by Gasteiger charge is 2.36. The molecule has 0 aromatic heterocycles. The molecule has 0 saturated heterocycles. The van der Waals surface area contributed by atoms with Crippen LogP contribution in [0.15, 0.2) is 17.0 Å². The van der Waals surface area contributed by atoms with Crippen LogP contribution in [-0.4, -0.2) is 39.7 Å². The largest absolute Gasteiger partial charge is 0.493 e. The molecule has 5 heteroatoms. The van der Waals surface area contributed by atoms with Gasteiger partial charge in [-0.2, -0.15) is 0 Å². The molecular weight excluding hydrogens is 286 g/mol. The lowest BCUT2D eigenvalue weighted by molar-refractivity contribution is -0.0695. The first kappa shape index (κ1) is 16.5. The highest BCUT2D eigenvalue weighted by molar-refractivity contribution is 7.98. The lowest BCUT2D eigenvalue weighted by atomic mass is 9.80. The smallest absolute Gasteiger partial charge is 0.161 e. The van der Waals surface area contributed by atoms with Crippen LogP contribution in [-0.2, 0) is 11.3 Å². The van der Waals surface area contributed by atoms with Crippen LogP contribution in [0, 0.1) is 0 Å². The van der Waals surface area contributed by atoms with Crippen LogP contribution in [0.25, 0.3) is 0 Å². The van der Waals surface area contributed by atoms with E-state index in [1.165, 1.54) is 16.9 Å². The van der Waals surface area contributed by atoms with E-state index in [1.54, 1.807) is 26.0 Å². The summed E-state index contributed by atoms with van der Waals surface area (Å²) in [7, 11) is 5.14. The summed E-state index contributed by atoms with van der Waals surface area (Å²) in [5.74, 6) is 1.55. The fourth-order valence-electron chi connectivity index (χ4n) is 2.68. The van der Waals surface area contributed by atoms with Crippen molar-refractivity contribution in [3.05, 3.63) is 17.7 Å². The Morgan fingerprint density at radius 2 is 1.81 bits per heavy atom. The second-order valence-corrected chi connectivity index (χ2v) is 6.21. The van der Waals surface area contributed by atoms with Gasteiger partial charge in [0.2, 0.25) is 0 Å². The first-order chi connectivity index (χ1) is 10.2. The van der Waals surface area contributed by atoms with Gasteiger partial charge in [0.05, 0.1) is 19.8 Å². The number of nitrogens with one attached hydrogen (secondary N) is 1. The van der Waals surface area contributed by atoms with E-state index < -0.39 is 0 Å². The average molecular weight is 311 g/mol. The Bertz CT molecular complexity index is 469. The van der Waals surface area contributed by atoms with Gasteiger partial charge >= 0.3 is 0 Å². The molecule has 1 aromatic rings. The van der Waals surface area contributed by atoms with Crippen LogP contribution in [0.3, 0.4) is 0 Å². The molecule has 1 N–H and O–H groups in total. The number of thioether (sulfide) groups is 1. The van der Waals surface area contributed by atoms with Crippen LogP contribution in [0.4, 0.5) is 0 Å². The maximum absolute atomic E-state index is 5.64. The molecule has 118 valence electrons. The third-order valence-corrected chi connectivity index (χ3v) is 5.07. The fraction of sp³-hybridized carbons (Fsp3) is 0.625. The van der Waals surface area contributed by atoms with E-state index >= 15 is 0 Å². The topological polar surface area (TPSA) is 39.7 Å². The Kier molecular flexibility index (Phi) is 5.79. The molecule has 0 bridgehead atoms. The summed E-state index contributed by atoms with van der Waals surface area (Å²) in [6, 6.07) is 4.09. The molecule has 0 spiro atoms. The van der Waals surface area contributed by atoms with Crippen molar-refractivity contribution < 1.29 is 14.2 Å². The Morgan fingerprint density at radius 1 is 1.14 bits per heavy atom. The molecular formula is C16H25NO3S. The molecule has 0 amide bonds. The third kappa shape index (κ3) is 3.65. The lowest BCUT2D eigenvalue weighted by Crippen LogP contribution is -2.47. The molecule has 4 nitrogen and oxygen atoms in total. The third-order valence-electron chi connectivity index (χ3n) is 4.25. The number of rotatable bonds is 8. The molecule has 0 unspecified atom stereocenters. The first-order valence-corrected chi connectivity index (χ1v) is 8.45. The number of methoxy groups -OCH3 is 3. The van der Waals surface area contributed by atoms with Gasteiger partial charge in [0.25, 0.3) is 0 Å². The maximum Gasteiger partial charge on any atom is 0.161 e. The minimum atomic E-state index is 0.0517. The molecule has 0 aliphatic heterocycles. The lowest BCUT2D eigenvalue weighted by Gasteiger charge is -2.40. The molecule has 2 rings (SSSR count). The summed E-state index contributed by atoms with van der Waals surface area (Å²) in [6.07, 6.45) is 5.64. The van der Waals surface area contributed by atoms with Gasteiger partial charge < -0.3 is 19.5 Å². The summed E-state index contributed by atoms with van der Waals surface area (Å²) in [4.78, 5) is 1.21. The Labute approximate surface area is 131 Å². The first-order valence-electron chi connectivity index (χ1n) is 7.23.